The van der Waals surface area contributed by atoms with Crippen LogP contribution in [0.1, 0.15) is 31.7 Å². The van der Waals surface area contributed by atoms with Gasteiger partial charge in [0.05, 0.1) is 16.2 Å². The zero-order chi connectivity index (χ0) is 16.1. The van der Waals surface area contributed by atoms with Crippen molar-refractivity contribution in [3.63, 3.8) is 0 Å². The molecule has 1 aromatic carbocycles. The van der Waals surface area contributed by atoms with Gasteiger partial charge in [0.25, 0.3) is 0 Å². The zero-order valence-electron chi connectivity index (χ0n) is 12.1. The molecule has 0 heterocycles. The number of halogens is 3. The molecule has 7 heteroatoms. The minimum atomic E-state index is -4.66. The minimum Gasteiger partial charge on any atom is -0.317 e. The number of hydrogen-bond acceptors (Lipinski definition) is 3. The van der Waals surface area contributed by atoms with E-state index in [1.165, 1.54) is 12.1 Å². The van der Waals surface area contributed by atoms with Gasteiger partial charge < -0.3 is 5.32 Å². The van der Waals surface area contributed by atoms with Gasteiger partial charge in [0, 0.05) is 6.04 Å². The molecule has 1 unspecified atom stereocenters. The molecule has 3 nitrogen and oxygen atoms in total. The summed E-state index contributed by atoms with van der Waals surface area (Å²) in [6.07, 6.45) is -2.88. The zero-order valence-corrected chi connectivity index (χ0v) is 12.9. The van der Waals surface area contributed by atoms with E-state index in [1.54, 1.807) is 7.05 Å². The molecule has 0 saturated carbocycles. The Hall–Kier alpha value is -1.08. The van der Waals surface area contributed by atoms with Gasteiger partial charge in [0.1, 0.15) is 0 Å². The Balaban J connectivity index is 2.80. The largest absolute Gasteiger partial charge is 0.417 e. The van der Waals surface area contributed by atoms with Gasteiger partial charge in [-0.25, -0.2) is 8.42 Å². The Kier molecular flexibility index (Phi) is 6.22. The van der Waals surface area contributed by atoms with Gasteiger partial charge in [-0.05, 0) is 38.9 Å². The van der Waals surface area contributed by atoms with E-state index in [-0.39, 0.29) is 11.8 Å². The molecule has 1 N–H and O–H groups in total. The molecule has 0 radical (unpaired) electrons. The van der Waals surface area contributed by atoms with Crippen molar-refractivity contribution in [2.45, 2.75) is 43.3 Å². The first-order chi connectivity index (χ1) is 9.68. The number of unbranched alkanes of at least 4 members (excludes halogenated alkanes) is 1. The third kappa shape index (κ3) is 5.32. The second kappa shape index (κ2) is 7.26. The number of rotatable bonds is 7. The maximum absolute atomic E-state index is 12.8. The summed E-state index contributed by atoms with van der Waals surface area (Å²) in [5.41, 5.74) is -1.09. The predicted octanol–water partition coefficient (Wildman–Crippen LogP) is 3.26. The van der Waals surface area contributed by atoms with Crippen molar-refractivity contribution in [1.82, 2.24) is 5.32 Å². The fourth-order valence-electron chi connectivity index (χ4n) is 1.97. The summed E-state index contributed by atoms with van der Waals surface area (Å²) in [5, 5.41) is 3.03. The van der Waals surface area contributed by atoms with Crippen LogP contribution < -0.4 is 5.32 Å². The average Bonchev–Trinajstić information content (AvgIpc) is 2.42. The van der Waals surface area contributed by atoms with Gasteiger partial charge in [-0.3, -0.25) is 0 Å². The van der Waals surface area contributed by atoms with E-state index in [1.807, 2.05) is 6.92 Å². The molecule has 21 heavy (non-hydrogen) atoms. The van der Waals surface area contributed by atoms with E-state index in [2.05, 4.69) is 5.32 Å². The molecule has 0 aliphatic rings. The van der Waals surface area contributed by atoms with Crippen molar-refractivity contribution < 1.29 is 21.6 Å². The van der Waals surface area contributed by atoms with Crippen LogP contribution in [0.5, 0.6) is 0 Å². The molecule has 120 valence electrons. The summed E-state index contributed by atoms with van der Waals surface area (Å²) in [6, 6.07) is 4.58. The van der Waals surface area contributed by atoms with E-state index >= 15 is 0 Å². The maximum Gasteiger partial charge on any atom is 0.417 e. The third-order valence-corrected chi connectivity index (χ3v) is 5.17. The Morgan fingerprint density at radius 3 is 2.38 bits per heavy atom. The van der Waals surface area contributed by atoms with Crippen molar-refractivity contribution in [3.8, 4) is 0 Å². The number of benzene rings is 1. The topological polar surface area (TPSA) is 46.2 Å². The Morgan fingerprint density at radius 2 is 1.81 bits per heavy atom. The van der Waals surface area contributed by atoms with Gasteiger partial charge in [0.2, 0.25) is 0 Å². The lowest BCUT2D eigenvalue weighted by Gasteiger charge is -2.13. The fraction of sp³-hybridized carbons (Fsp3) is 0.571. The first kappa shape index (κ1) is 18.0. The van der Waals surface area contributed by atoms with E-state index in [4.69, 9.17) is 0 Å². The number of hydrogen-bond donors (Lipinski definition) is 1. The molecule has 0 aromatic heterocycles. The van der Waals surface area contributed by atoms with Crippen LogP contribution in [-0.2, 0) is 16.0 Å². The van der Waals surface area contributed by atoms with Crippen LogP contribution in [0.25, 0.3) is 0 Å². The summed E-state index contributed by atoms with van der Waals surface area (Å²) in [4.78, 5) is -0.626. The Morgan fingerprint density at radius 1 is 1.19 bits per heavy atom. The average molecular weight is 323 g/mol. The van der Waals surface area contributed by atoms with Crippen LogP contribution in [-0.4, -0.2) is 27.3 Å². The van der Waals surface area contributed by atoms with Crippen LogP contribution in [0.4, 0.5) is 13.2 Å². The lowest BCUT2D eigenvalue weighted by molar-refractivity contribution is -0.139. The first-order valence-corrected chi connectivity index (χ1v) is 8.40. The molecule has 0 amide bonds. The molecule has 0 bridgehead atoms. The Bertz CT molecular complexity index is 556. The second-order valence-corrected chi connectivity index (χ2v) is 7.08. The summed E-state index contributed by atoms with van der Waals surface area (Å²) >= 11 is 0. The lowest BCUT2D eigenvalue weighted by Crippen LogP contribution is -2.21. The molecular formula is C14H20F3NO2S. The Labute approximate surface area is 123 Å². The van der Waals surface area contributed by atoms with Crippen LogP contribution in [0.2, 0.25) is 0 Å². The van der Waals surface area contributed by atoms with Gasteiger partial charge in [0.15, 0.2) is 9.84 Å². The highest BCUT2D eigenvalue weighted by Crippen LogP contribution is 2.34. The predicted molar refractivity (Wildman–Crippen MR) is 75.9 cm³/mol. The van der Waals surface area contributed by atoms with Crippen molar-refractivity contribution in [3.05, 3.63) is 29.8 Å². The van der Waals surface area contributed by atoms with E-state index in [9.17, 15) is 21.6 Å². The summed E-state index contributed by atoms with van der Waals surface area (Å²) < 4.78 is 62.7. The maximum atomic E-state index is 12.8. The fourth-order valence-corrected chi connectivity index (χ4v) is 3.58. The van der Waals surface area contributed by atoms with Crippen LogP contribution in [0.15, 0.2) is 29.2 Å². The molecule has 0 spiro atoms. The molecule has 1 aromatic rings. The van der Waals surface area contributed by atoms with Gasteiger partial charge in [-0.15, -0.1) is 0 Å². The van der Waals surface area contributed by atoms with E-state index in [0.717, 1.165) is 18.6 Å². The minimum absolute atomic E-state index is 0.259. The SMILES string of the molecule is CNC(C)CCCCS(=O)(=O)c1ccccc1C(F)(F)F. The number of nitrogens with one attached hydrogen (secondary N) is 1. The van der Waals surface area contributed by atoms with E-state index in [0.29, 0.717) is 12.8 Å². The van der Waals surface area contributed by atoms with Crippen LogP contribution in [0, 0.1) is 0 Å². The number of alkyl halides is 3. The standard InChI is InChI=1S/C14H20F3NO2S/c1-11(18-2)7-5-6-10-21(19,20)13-9-4-3-8-12(13)14(15,16)17/h3-4,8-9,11,18H,5-7,10H2,1-2H3. The number of sulfone groups is 1. The van der Waals surface area contributed by atoms with Crippen molar-refractivity contribution in [2.75, 3.05) is 12.8 Å². The van der Waals surface area contributed by atoms with Gasteiger partial charge >= 0.3 is 6.18 Å². The molecule has 0 fully saturated rings. The summed E-state index contributed by atoms with van der Waals surface area (Å²) in [5.74, 6) is -0.267. The van der Waals surface area contributed by atoms with Crippen molar-refractivity contribution in [2.24, 2.45) is 0 Å². The highest BCUT2D eigenvalue weighted by Gasteiger charge is 2.36. The monoisotopic (exact) mass is 323 g/mol. The molecule has 1 rings (SSSR count). The van der Waals surface area contributed by atoms with Gasteiger partial charge in [-0.2, -0.15) is 13.2 Å². The molecule has 0 aliphatic carbocycles. The van der Waals surface area contributed by atoms with E-state index < -0.39 is 26.5 Å². The highest BCUT2D eigenvalue weighted by atomic mass is 32.2. The molecule has 1 atom stereocenters. The lowest BCUT2D eigenvalue weighted by atomic mass is 10.1. The molecular weight excluding hydrogens is 303 g/mol. The first-order valence-electron chi connectivity index (χ1n) is 6.74. The van der Waals surface area contributed by atoms with Crippen LogP contribution in [0.3, 0.4) is 0 Å². The molecule has 0 aliphatic heterocycles. The third-order valence-electron chi connectivity index (χ3n) is 3.32. The van der Waals surface area contributed by atoms with Gasteiger partial charge in [-0.1, -0.05) is 18.6 Å². The second-order valence-electron chi connectivity index (χ2n) is 5.00. The molecule has 0 saturated heterocycles. The normalized spacial score (nSPS) is 14.1. The highest BCUT2D eigenvalue weighted by molar-refractivity contribution is 7.91. The smallest absolute Gasteiger partial charge is 0.317 e. The van der Waals surface area contributed by atoms with Crippen LogP contribution >= 0.6 is 0 Å². The van der Waals surface area contributed by atoms with Crippen molar-refractivity contribution in [1.29, 1.82) is 0 Å². The van der Waals surface area contributed by atoms with Crippen molar-refractivity contribution >= 4 is 9.84 Å². The quantitative estimate of drug-likeness (QED) is 0.784. The summed E-state index contributed by atoms with van der Waals surface area (Å²) in [7, 11) is -2.11. The summed E-state index contributed by atoms with van der Waals surface area (Å²) in [6.45, 7) is 1.97.